The van der Waals surface area contributed by atoms with Crippen LogP contribution in [-0.4, -0.2) is 56.3 Å². The molecule has 0 heterocycles. The number of carboxylic acids is 2. The van der Waals surface area contributed by atoms with Crippen LogP contribution >= 0.6 is 0 Å². The van der Waals surface area contributed by atoms with Crippen LogP contribution in [-0.2, 0) is 19.6 Å². The van der Waals surface area contributed by atoms with Crippen molar-refractivity contribution in [3.63, 3.8) is 0 Å². The monoisotopic (exact) mass is 402 g/mol. The molecule has 1 unspecified atom stereocenters. The predicted octanol–water partition coefficient (Wildman–Crippen LogP) is 0.906. The minimum absolute atomic E-state index is 0.0198. The van der Waals surface area contributed by atoms with Gasteiger partial charge in [0, 0.05) is 6.54 Å². The number of carbonyl (C=O) groups is 2. The Morgan fingerprint density at radius 3 is 2.07 bits per heavy atom. The molecule has 1 aromatic rings. The summed E-state index contributed by atoms with van der Waals surface area (Å²) in [5.74, 6) is -1.82. The van der Waals surface area contributed by atoms with E-state index in [0.717, 1.165) is 0 Å². The molecular formula is C17H26N2O7S. The number of benzene rings is 1. The topological polar surface area (TPSA) is 142 Å². The minimum atomic E-state index is -3.81. The first-order valence-corrected chi connectivity index (χ1v) is 9.90. The van der Waals surface area contributed by atoms with Gasteiger partial charge in [0.15, 0.2) is 0 Å². The van der Waals surface area contributed by atoms with E-state index in [0.29, 0.717) is 5.75 Å². The molecule has 4 N–H and O–H groups in total. The first-order chi connectivity index (χ1) is 12.6. The van der Waals surface area contributed by atoms with Crippen LogP contribution in [0.25, 0.3) is 0 Å². The number of ether oxygens (including phenoxy) is 1. The summed E-state index contributed by atoms with van der Waals surface area (Å²) in [4.78, 5) is 22.7. The molecule has 10 heteroatoms. The quantitative estimate of drug-likeness (QED) is 0.404. The molecule has 27 heavy (non-hydrogen) atoms. The second kappa shape index (κ2) is 10.2. The van der Waals surface area contributed by atoms with Crippen LogP contribution in [0.4, 0.5) is 0 Å². The van der Waals surface area contributed by atoms with E-state index in [4.69, 9.17) is 4.74 Å². The fraction of sp³-hybridized carbons (Fsp3) is 0.529. The van der Waals surface area contributed by atoms with Gasteiger partial charge in [0.2, 0.25) is 10.0 Å². The molecule has 0 fully saturated rings. The van der Waals surface area contributed by atoms with Gasteiger partial charge < -0.3 is 14.9 Å². The molecule has 0 aromatic heterocycles. The van der Waals surface area contributed by atoms with Crippen molar-refractivity contribution >= 4 is 22.0 Å². The van der Waals surface area contributed by atoms with Crippen molar-refractivity contribution in [3.05, 3.63) is 24.3 Å². The fourth-order valence-electron chi connectivity index (χ4n) is 2.41. The maximum Gasteiger partial charge on any atom is 0.320 e. The van der Waals surface area contributed by atoms with E-state index in [1.54, 1.807) is 0 Å². The lowest BCUT2D eigenvalue weighted by Crippen LogP contribution is -2.48. The summed E-state index contributed by atoms with van der Waals surface area (Å²) in [7, 11) is -2.35. The third kappa shape index (κ3) is 7.53. The van der Waals surface area contributed by atoms with Gasteiger partial charge in [-0.3, -0.25) is 14.9 Å². The van der Waals surface area contributed by atoms with Gasteiger partial charge in [0.05, 0.1) is 12.0 Å². The standard InChI is InChI=1S/C17H26N2O7S/c1-11(2)10-15(17(22)23)19-14(16(20)21)8-9-18-27(24,25)13-6-4-12(26-3)5-7-13/h4-7,11,14-15,18-19H,8-10H2,1-3H3,(H,20,21)(H,22,23)/t14-,15?/m0/s1. The molecule has 2 atom stereocenters. The van der Waals surface area contributed by atoms with Gasteiger partial charge in [-0.2, -0.15) is 0 Å². The largest absolute Gasteiger partial charge is 0.497 e. The van der Waals surface area contributed by atoms with Crippen LogP contribution in [0.15, 0.2) is 29.2 Å². The lowest BCUT2D eigenvalue weighted by atomic mass is 10.0. The number of hydrogen-bond acceptors (Lipinski definition) is 6. The maximum atomic E-state index is 12.2. The van der Waals surface area contributed by atoms with E-state index in [2.05, 4.69) is 10.0 Å². The zero-order chi connectivity index (χ0) is 20.6. The van der Waals surface area contributed by atoms with Crippen LogP contribution < -0.4 is 14.8 Å². The molecule has 0 amide bonds. The Bertz CT molecular complexity index is 732. The van der Waals surface area contributed by atoms with Crippen LogP contribution in [0.5, 0.6) is 5.75 Å². The van der Waals surface area contributed by atoms with Crippen LogP contribution in [0.3, 0.4) is 0 Å². The van der Waals surface area contributed by atoms with E-state index in [1.165, 1.54) is 31.4 Å². The summed E-state index contributed by atoms with van der Waals surface area (Å²) >= 11 is 0. The van der Waals surface area contributed by atoms with Crippen LogP contribution in [0.2, 0.25) is 0 Å². The van der Waals surface area contributed by atoms with Crippen molar-refractivity contribution in [2.24, 2.45) is 5.92 Å². The molecule has 0 saturated carbocycles. The average Bonchev–Trinajstić information content (AvgIpc) is 2.59. The summed E-state index contributed by atoms with van der Waals surface area (Å²) in [6, 6.07) is 3.53. The normalized spacial score (nSPS) is 13.9. The third-order valence-electron chi connectivity index (χ3n) is 3.80. The molecule has 152 valence electrons. The van der Waals surface area contributed by atoms with Crippen LogP contribution in [0, 0.1) is 5.92 Å². The molecule has 0 saturated heterocycles. The molecule has 0 aliphatic carbocycles. The van der Waals surface area contributed by atoms with E-state index >= 15 is 0 Å². The van der Waals surface area contributed by atoms with Gasteiger partial charge in [-0.05, 0) is 43.0 Å². The minimum Gasteiger partial charge on any atom is -0.497 e. The molecule has 0 spiro atoms. The predicted molar refractivity (Wildman–Crippen MR) is 98.2 cm³/mol. The lowest BCUT2D eigenvalue weighted by Gasteiger charge is -2.21. The van der Waals surface area contributed by atoms with Crippen molar-refractivity contribution in [3.8, 4) is 5.75 Å². The van der Waals surface area contributed by atoms with Crippen molar-refractivity contribution < 1.29 is 33.0 Å². The molecule has 0 aliphatic heterocycles. The molecule has 1 rings (SSSR count). The average molecular weight is 402 g/mol. The number of hydrogen-bond donors (Lipinski definition) is 4. The van der Waals surface area contributed by atoms with Gasteiger partial charge in [0.1, 0.15) is 17.8 Å². The highest BCUT2D eigenvalue weighted by atomic mass is 32.2. The van der Waals surface area contributed by atoms with Crippen LogP contribution in [0.1, 0.15) is 26.7 Å². The van der Waals surface area contributed by atoms with Gasteiger partial charge >= 0.3 is 11.9 Å². The molecular weight excluding hydrogens is 376 g/mol. The molecule has 9 nitrogen and oxygen atoms in total. The molecule has 0 aliphatic rings. The highest BCUT2D eigenvalue weighted by molar-refractivity contribution is 7.89. The Labute approximate surface area is 158 Å². The van der Waals surface area contributed by atoms with Gasteiger partial charge in [-0.1, -0.05) is 13.8 Å². The Hall–Kier alpha value is -2.17. The number of aliphatic carboxylic acids is 2. The van der Waals surface area contributed by atoms with Gasteiger partial charge in [-0.15, -0.1) is 0 Å². The van der Waals surface area contributed by atoms with Gasteiger partial charge in [-0.25, -0.2) is 13.1 Å². The second-order valence-corrected chi connectivity index (χ2v) is 8.21. The third-order valence-corrected chi connectivity index (χ3v) is 5.28. The summed E-state index contributed by atoms with van der Waals surface area (Å²) < 4.78 is 31.8. The Balaban J connectivity index is 2.70. The number of nitrogens with one attached hydrogen (secondary N) is 2. The second-order valence-electron chi connectivity index (χ2n) is 6.44. The van der Waals surface area contributed by atoms with Crippen molar-refractivity contribution in [1.82, 2.24) is 10.0 Å². The van der Waals surface area contributed by atoms with Crippen molar-refractivity contribution in [2.75, 3.05) is 13.7 Å². The number of carboxylic acid groups (broad SMARTS) is 2. The first-order valence-electron chi connectivity index (χ1n) is 8.42. The Kier molecular flexibility index (Phi) is 8.67. The maximum absolute atomic E-state index is 12.2. The van der Waals surface area contributed by atoms with Gasteiger partial charge in [0.25, 0.3) is 0 Å². The zero-order valence-electron chi connectivity index (χ0n) is 15.5. The summed E-state index contributed by atoms with van der Waals surface area (Å²) in [6.07, 6.45) is 0.156. The first kappa shape index (κ1) is 22.9. The highest BCUT2D eigenvalue weighted by Crippen LogP contribution is 2.15. The number of rotatable bonds is 12. The molecule has 0 radical (unpaired) electrons. The van der Waals surface area contributed by atoms with E-state index < -0.39 is 34.0 Å². The molecule has 0 bridgehead atoms. The van der Waals surface area contributed by atoms with Crippen molar-refractivity contribution in [1.29, 1.82) is 0 Å². The van der Waals surface area contributed by atoms with Crippen molar-refractivity contribution in [2.45, 2.75) is 43.7 Å². The van der Waals surface area contributed by atoms with E-state index in [1.807, 2.05) is 13.8 Å². The lowest BCUT2D eigenvalue weighted by molar-refractivity contribution is -0.143. The summed E-state index contributed by atoms with van der Waals surface area (Å²) in [5, 5.41) is 21.1. The zero-order valence-corrected chi connectivity index (χ0v) is 16.3. The Morgan fingerprint density at radius 2 is 1.63 bits per heavy atom. The highest BCUT2D eigenvalue weighted by Gasteiger charge is 2.27. The van der Waals surface area contributed by atoms with E-state index in [9.17, 15) is 28.2 Å². The SMILES string of the molecule is COc1ccc(S(=O)(=O)NCC[C@H](NC(CC(C)C)C(=O)O)C(=O)O)cc1. The summed E-state index contributed by atoms with van der Waals surface area (Å²) in [5.41, 5.74) is 0. The number of methoxy groups -OCH3 is 1. The van der Waals surface area contributed by atoms with E-state index in [-0.39, 0.29) is 30.2 Å². The molecule has 1 aromatic carbocycles. The summed E-state index contributed by atoms with van der Waals surface area (Å²) in [6.45, 7) is 3.50. The Morgan fingerprint density at radius 1 is 1.07 bits per heavy atom. The fourth-order valence-corrected chi connectivity index (χ4v) is 3.46. The number of sulfonamides is 1. The smallest absolute Gasteiger partial charge is 0.320 e.